The number of carbonyl (C=O) groups is 3. The third kappa shape index (κ3) is 7.38. The highest BCUT2D eigenvalue weighted by atomic mass is 32.1. The number of hydrogen-bond donors (Lipinski definition) is 2. The van der Waals surface area contributed by atoms with Gasteiger partial charge in [0.15, 0.2) is 11.6 Å². The molecule has 0 fully saturated rings. The summed E-state index contributed by atoms with van der Waals surface area (Å²) in [6, 6.07) is 8.04. The Bertz CT molecular complexity index is 997. The van der Waals surface area contributed by atoms with Crippen LogP contribution in [0.5, 0.6) is 5.75 Å². The number of esters is 1. The highest BCUT2D eigenvalue weighted by Crippen LogP contribution is 2.34. The summed E-state index contributed by atoms with van der Waals surface area (Å²) in [4.78, 5) is 37.4. The van der Waals surface area contributed by atoms with Gasteiger partial charge >= 0.3 is 11.9 Å². The average molecular weight is 492 g/mol. The van der Waals surface area contributed by atoms with Crippen LogP contribution >= 0.6 is 11.3 Å². The molecule has 1 amide bonds. The summed E-state index contributed by atoms with van der Waals surface area (Å²) in [6.45, 7) is 8.26. The minimum Gasteiger partial charge on any atom is -0.481 e. The van der Waals surface area contributed by atoms with Crippen molar-refractivity contribution in [3.63, 3.8) is 0 Å². The zero-order valence-corrected chi connectivity index (χ0v) is 21.1. The molecule has 0 bridgehead atoms. The molecular formula is C26H34FNO5S. The summed E-state index contributed by atoms with van der Waals surface area (Å²) in [5, 5.41) is 11.7. The fraction of sp³-hybridized carbons (Fsp3) is 0.500. The maximum absolute atomic E-state index is 14.3. The molecule has 34 heavy (non-hydrogen) atoms. The van der Waals surface area contributed by atoms with Gasteiger partial charge in [0.2, 0.25) is 5.91 Å². The number of carboxylic acid groups (broad SMARTS) is 1. The van der Waals surface area contributed by atoms with E-state index >= 15 is 0 Å². The van der Waals surface area contributed by atoms with Crippen LogP contribution in [0, 0.1) is 11.2 Å². The number of aliphatic carboxylic acids is 1. The molecule has 0 saturated carbocycles. The molecule has 0 spiro atoms. The van der Waals surface area contributed by atoms with E-state index in [4.69, 9.17) is 9.84 Å². The van der Waals surface area contributed by atoms with Gasteiger partial charge in [0, 0.05) is 17.8 Å². The van der Waals surface area contributed by atoms with Crippen molar-refractivity contribution in [2.24, 2.45) is 5.41 Å². The molecule has 1 heterocycles. The lowest BCUT2D eigenvalue weighted by atomic mass is 9.77. The van der Waals surface area contributed by atoms with E-state index < -0.39 is 23.2 Å². The van der Waals surface area contributed by atoms with Crippen molar-refractivity contribution in [1.82, 2.24) is 5.32 Å². The summed E-state index contributed by atoms with van der Waals surface area (Å²) < 4.78 is 19.6. The van der Waals surface area contributed by atoms with Crippen LogP contribution in [0.15, 0.2) is 30.3 Å². The number of ether oxygens (including phenoxy) is 1. The molecule has 0 aliphatic carbocycles. The van der Waals surface area contributed by atoms with Gasteiger partial charge in [-0.05, 0) is 67.9 Å². The van der Waals surface area contributed by atoms with Crippen molar-refractivity contribution in [3.05, 3.63) is 51.5 Å². The van der Waals surface area contributed by atoms with Crippen LogP contribution in [-0.4, -0.2) is 29.5 Å². The minimum atomic E-state index is -0.842. The van der Waals surface area contributed by atoms with Crippen LogP contribution in [-0.2, 0) is 16.0 Å². The molecular weight excluding hydrogens is 457 g/mol. The van der Waals surface area contributed by atoms with Gasteiger partial charge in [-0.1, -0.05) is 33.8 Å². The van der Waals surface area contributed by atoms with Crippen molar-refractivity contribution < 1.29 is 28.6 Å². The van der Waals surface area contributed by atoms with E-state index in [0.29, 0.717) is 43.5 Å². The van der Waals surface area contributed by atoms with Crippen LogP contribution in [0.1, 0.15) is 85.8 Å². The molecule has 1 aromatic carbocycles. The van der Waals surface area contributed by atoms with Crippen molar-refractivity contribution in [1.29, 1.82) is 0 Å². The SMILES string of the molecule is CCC(CC)(Cc1ccc(C(=O)Oc2ccc(C(C)C)cc2F)s1)C(=O)NCCCCC(=O)O. The van der Waals surface area contributed by atoms with Gasteiger partial charge in [0.05, 0.1) is 5.41 Å². The third-order valence-corrected chi connectivity index (χ3v) is 7.20. The number of benzene rings is 1. The molecule has 6 nitrogen and oxygen atoms in total. The normalized spacial score (nSPS) is 11.5. The van der Waals surface area contributed by atoms with Crippen LogP contribution < -0.4 is 10.1 Å². The van der Waals surface area contributed by atoms with Gasteiger partial charge in [0.1, 0.15) is 4.88 Å². The number of nitrogens with one attached hydrogen (secondary N) is 1. The zero-order chi connectivity index (χ0) is 25.3. The van der Waals surface area contributed by atoms with Gasteiger partial charge in [-0.25, -0.2) is 9.18 Å². The van der Waals surface area contributed by atoms with E-state index in [-0.39, 0.29) is 24.0 Å². The maximum atomic E-state index is 14.3. The molecule has 1 aromatic heterocycles. The average Bonchev–Trinajstić information content (AvgIpc) is 3.26. The van der Waals surface area contributed by atoms with E-state index in [2.05, 4.69) is 5.32 Å². The van der Waals surface area contributed by atoms with E-state index in [1.54, 1.807) is 18.2 Å². The Balaban J connectivity index is 2.03. The topological polar surface area (TPSA) is 92.7 Å². The molecule has 186 valence electrons. The van der Waals surface area contributed by atoms with Crippen LogP contribution in [0.3, 0.4) is 0 Å². The Hall–Kier alpha value is -2.74. The highest BCUT2D eigenvalue weighted by molar-refractivity contribution is 7.14. The fourth-order valence-electron chi connectivity index (χ4n) is 3.72. The van der Waals surface area contributed by atoms with Crippen LogP contribution in [0.4, 0.5) is 4.39 Å². The largest absolute Gasteiger partial charge is 0.481 e. The maximum Gasteiger partial charge on any atom is 0.353 e. The lowest BCUT2D eigenvalue weighted by molar-refractivity contribution is -0.137. The van der Waals surface area contributed by atoms with Crippen LogP contribution in [0.25, 0.3) is 0 Å². The first-order valence-electron chi connectivity index (χ1n) is 11.7. The standard InChI is InChI=1S/C26H34FNO5S/c1-5-26(6-2,25(32)28-14-8-7-9-23(29)30)16-19-11-13-22(34-19)24(31)33-21-12-10-18(17(3)4)15-20(21)27/h10-13,15,17H,5-9,14,16H2,1-4H3,(H,28,32)(H,29,30). The Morgan fingerprint density at radius 2 is 1.82 bits per heavy atom. The van der Waals surface area contributed by atoms with Crippen molar-refractivity contribution >= 4 is 29.2 Å². The molecule has 0 radical (unpaired) electrons. The van der Waals surface area contributed by atoms with Gasteiger partial charge in [0.25, 0.3) is 0 Å². The van der Waals surface area contributed by atoms with Crippen molar-refractivity contribution in [2.45, 2.75) is 72.1 Å². The van der Waals surface area contributed by atoms with Crippen LogP contribution in [0.2, 0.25) is 0 Å². The lowest BCUT2D eigenvalue weighted by Gasteiger charge is -2.30. The minimum absolute atomic E-state index is 0.0716. The number of unbranched alkanes of at least 4 members (excludes halogenated alkanes) is 1. The molecule has 2 rings (SSSR count). The first-order valence-corrected chi connectivity index (χ1v) is 12.5. The summed E-state index contributed by atoms with van der Waals surface area (Å²) in [6.07, 6.45) is 2.91. The number of halogens is 1. The molecule has 0 atom stereocenters. The second kappa shape index (κ2) is 12.6. The Morgan fingerprint density at radius 3 is 2.41 bits per heavy atom. The lowest BCUT2D eigenvalue weighted by Crippen LogP contribution is -2.42. The number of carboxylic acids is 1. The van der Waals surface area contributed by atoms with Crippen molar-refractivity contribution in [2.75, 3.05) is 6.54 Å². The van der Waals surface area contributed by atoms with E-state index in [1.165, 1.54) is 23.5 Å². The second-order valence-corrected chi connectivity index (χ2v) is 9.94. The monoisotopic (exact) mass is 491 g/mol. The molecule has 0 saturated heterocycles. The summed E-state index contributed by atoms with van der Waals surface area (Å²) in [5.41, 5.74) is 0.198. The second-order valence-electron chi connectivity index (χ2n) is 8.77. The van der Waals surface area contributed by atoms with E-state index in [1.807, 2.05) is 27.7 Å². The number of thiophene rings is 1. The number of hydrogen-bond acceptors (Lipinski definition) is 5. The molecule has 0 aliphatic heterocycles. The third-order valence-electron chi connectivity index (χ3n) is 6.14. The fourth-order valence-corrected chi connectivity index (χ4v) is 4.75. The van der Waals surface area contributed by atoms with Gasteiger partial charge in [-0.15, -0.1) is 11.3 Å². The molecule has 2 aromatic rings. The predicted molar refractivity (Wildman–Crippen MR) is 131 cm³/mol. The highest BCUT2D eigenvalue weighted by Gasteiger charge is 2.35. The summed E-state index contributed by atoms with van der Waals surface area (Å²) in [5.74, 6) is -2.06. The number of carbonyl (C=O) groups excluding carboxylic acids is 2. The first kappa shape index (κ1) is 27.5. The van der Waals surface area contributed by atoms with E-state index in [9.17, 15) is 18.8 Å². The van der Waals surface area contributed by atoms with Gasteiger partial charge < -0.3 is 15.2 Å². The predicted octanol–water partition coefficient (Wildman–Crippen LogP) is 5.95. The Morgan fingerprint density at radius 1 is 1.12 bits per heavy atom. The van der Waals surface area contributed by atoms with Crippen molar-refractivity contribution in [3.8, 4) is 5.75 Å². The Kier molecular flexibility index (Phi) is 10.2. The van der Waals surface area contributed by atoms with E-state index in [0.717, 1.165) is 10.4 Å². The smallest absolute Gasteiger partial charge is 0.353 e. The molecule has 8 heteroatoms. The quantitative estimate of drug-likeness (QED) is 0.205. The Labute approximate surface area is 204 Å². The zero-order valence-electron chi connectivity index (χ0n) is 20.3. The number of rotatable bonds is 13. The molecule has 2 N–H and O–H groups in total. The molecule has 0 unspecified atom stereocenters. The van der Waals surface area contributed by atoms with Gasteiger partial charge in [-0.2, -0.15) is 0 Å². The van der Waals surface area contributed by atoms with Gasteiger partial charge in [-0.3, -0.25) is 9.59 Å². The summed E-state index contributed by atoms with van der Waals surface area (Å²) in [7, 11) is 0. The number of amides is 1. The first-order chi connectivity index (χ1) is 16.1. The summed E-state index contributed by atoms with van der Waals surface area (Å²) >= 11 is 1.24. The molecule has 0 aliphatic rings.